The minimum absolute atomic E-state index is 0.0396. The highest BCUT2D eigenvalue weighted by molar-refractivity contribution is 5.93. The van der Waals surface area contributed by atoms with Gasteiger partial charge in [-0.2, -0.15) is 0 Å². The Labute approximate surface area is 131 Å². The van der Waals surface area contributed by atoms with Crippen LogP contribution in [0.25, 0.3) is 0 Å². The van der Waals surface area contributed by atoms with Gasteiger partial charge >= 0.3 is 0 Å². The smallest absolute Gasteiger partial charge is 0.238 e. The van der Waals surface area contributed by atoms with Crippen molar-refractivity contribution in [3.63, 3.8) is 0 Å². The van der Waals surface area contributed by atoms with Gasteiger partial charge in [0.25, 0.3) is 0 Å². The van der Waals surface area contributed by atoms with Crippen LogP contribution in [-0.2, 0) is 11.3 Å². The molecule has 0 unspecified atom stereocenters. The summed E-state index contributed by atoms with van der Waals surface area (Å²) in [6.07, 6.45) is 0. The number of nitrogens with one attached hydrogen (secondary N) is 2. The van der Waals surface area contributed by atoms with Gasteiger partial charge in [0, 0.05) is 12.2 Å². The second kappa shape index (κ2) is 7.61. The lowest BCUT2D eigenvalue weighted by Gasteiger charge is -2.11. The Bertz CT molecular complexity index is 636. The first-order valence-corrected chi connectivity index (χ1v) is 7.30. The zero-order chi connectivity index (χ0) is 15.9. The van der Waals surface area contributed by atoms with E-state index in [0.29, 0.717) is 6.54 Å². The highest BCUT2D eigenvalue weighted by Gasteiger charge is 2.05. The minimum atomic E-state index is -0.0396. The van der Waals surface area contributed by atoms with Crippen molar-refractivity contribution in [3.05, 3.63) is 59.2 Å². The number of aryl methyl sites for hydroxylation is 1. The number of carbonyl (C=O) groups excluding carboxylic acids is 1. The van der Waals surface area contributed by atoms with Crippen molar-refractivity contribution in [2.45, 2.75) is 20.4 Å². The van der Waals surface area contributed by atoms with Gasteiger partial charge in [0.05, 0.1) is 13.7 Å². The van der Waals surface area contributed by atoms with Gasteiger partial charge in [-0.15, -0.1) is 0 Å². The molecule has 0 saturated heterocycles. The normalized spacial score (nSPS) is 10.3. The van der Waals surface area contributed by atoms with E-state index in [1.165, 1.54) is 5.56 Å². The average Bonchev–Trinajstić information content (AvgIpc) is 2.52. The molecule has 0 spiro atoms. The third kappa shape index (κ3) is 4.33. The maximum absolute atomic E-state index is 12.0. The molecule has 1 amide bonds. The van der Waals surface area contributed by atoms with Crippen molar-refractivity contribution < 1.29 is 9.53 Å². The predicted molar refractivity (Wildman–Crippen MR) is 89.2 cm³/mol. The molecule has 0 aliphatic rings. The summed E-state index contributed by atoms with van der Waals surface area (Å²) in [5.41, 5.74) is 4.26. The summed E-state index contributed by atoms with van der Waals surface area (Å²) in [6.45, 7) is 4.96. The van der Waals surface area contributed by atoms with E-state index in [9.17, 15) is 4.79 Å². The van der Waals surface area contributed by atoms with E-state index in [4.69, 9.17) is 4.74 Å². The molecular formula is C18H22N2O2. The molecule has 2 N–H and O–H groups in total. The van der Waals surface area contributed by atoms with E-state index < -0.39 is 0 Å². The molecule has 22 heavy (non-hydrogen) atoms. The average molecular weight is 298 g/mol. The fourth-order valence-electron chi connectivity index (χ4n) is 2.14. The Morgan fingerprint density at radius 3 is 2.50 bits per heavy atom. The van der Waals surface area contributed by atoms with Crippen molar-refractivity contribution in [3.8, 4) is 5.75 Å². The summed E-state index contributed by atoms with van der Waals surface area (Å²) in [5, 5.41) is 6.07. The fraction of sp³-hybridized carbons (Fsp3) is 0.278. The summed E-state index contributed by atoms with van der Waals surface area (Å²) in [6, 6.07) is 13.7. The molecule has 0 radical (unpaired) electrons. The maximum atomic E-state index is 12.0. The number of anilines is 1. The number of methoxy groups -OCH3 is 1. The SMILES string of the molecule is COc1ccc(CNCC(=O)Nc2cccc(C)c2C)cc1. The van der Waals surface area contributed by atoms with Crippen molar-refractivity contribution in [1.29, 1.82) is 0 Å². The second-order valence-electron chi connectivity index (χ2n) is 5.25. The molecule has 0 heterocycles. The van der Waals surface area contributed by atoms with Crippen LogP contribution in [0.2, 0.25) is 0 Å². The van der Waals surface area contributed by atoms with Crippen molar-refractivity contribution in [2.24, 2.45) is 0 Å². The van der Waals surface area contributed by atoms with Crippen LogP contribution in [0.1, 0.15) is 16.7 Å². The number of rotatable bonds is 6. The lowest BCUT2D eigenvalue weighted by molar-refractivity contribution is -0.115. The van der Waals surface area contributed by atoms with Crippen LogP contribution in [-0.4, -0.2) is 19.6 Å². The molecule has 4 nitrogen and oxygen atoms in total. The van der Waals surface area contributed by atoms with Crippen LogP contribution < -0.4 is 15.4 Å². The number of benzene rings is 2. The number of amides is 1. The molecule has 0 bridgehead atoms. The largest absolute Gasteiger partial charge is 0.497 e. The monoisotopic (exact) mass is 298 g/mol. The highest BCUT2D eigenvalue weighted by Crippen LogP contribution is 2.17. The molecule has 4 heteroatoms. The molecule has 0 atom stereocenters. The number of ether oxygens (including phenoxy) is 1. The zero-order valence-electron chi connectivity index (χ0n) is 13.3. The van der Waals surface area contributed by atoms with Gasteiger partial charge in [0.15, 0.2) is 0 Å². The van der Waals surface area contributed by atoms with Gasteiger partial charge in [-0.25, -0.2) is 0 Å². The third-order valence-corrected chi connectivity index (χ3v) is 3.65. The van der Waals surface area contributed by atoms with Gasteiger partial charge in [-0.1, -0.05) is 24.3 Å². The van der Waals surface area contributed by atoms with Crippen LogP contribution in [0.3, 0.4) is 0 Å². The summed E-state index contributed by atoms with van der Waals surface area (Å²) in [4.78, 5) is 12.0. The first kappa shape index (κ1) is 16.0. The second-order valence-corrected chi connectivity index (χ2v) is 5.25. The molecule has 0 aromatic heterocycles. The van der Waals surface area contributed by atoms with Gasteiger partial charge in [-0.3, -0.25) is 4.79 Å². The lowest BCUT2D eigenvalue weighted by atomic mass is 10.1. The van der Waals surface area contributed by atoms with Gasteiger partial charge in [0.1, 0.15) is 5.75 Å². The van der Waals surface area contributed by atoms with Crippen LogP contribution in [0.15, 0.2) is 42.5 Å². The van der Waals surface area contributed by atoms with Crippen molar-refractivity contribution in [2.75, 3.05) is 19.0 Å². The molecule has 0 fully saturated rings. The highest BCUT2D eigenvalue weighted by atomic mass is 16.5. The molecule has 0 aliphatic carbocycles. The van der Waals surface area contributed by atoms with Crippen LogP contribution in [0, 0.1) is 13.8 Å². The Balaban J connectivity index is 1.81. The van der Waals surface area contributed by atoms with Crippen LogP contribution >= 0.6 is 0 Å². The summed E-state index contributed by atoms with van der Waals surface area (Å²) in [7, 11) is 1.64. The Kier molecular flexibility index (Phi) is 5.55. The van der Waals surface area contributed by atoms with Gasteiger partial charge in [0.2, 0.25) is 5.91 Å². The Hall–Kier alpha value is -2.33. The third-order valence-electron chi connectivity index (χ3n) is 3.65. The molecule has 116 valence electrons. The molecule has 2 aromatic carbocycles. The van der Waals surface area contributed by atoms with E-state index in [1.807, 2.05) is 56.3 Å². The molecule has 2 rings (SSSR count). The summed E-state index contributed by atoms with van der Waals surface area (Å²) < 4.78 is 5.11. The molecule has 2 aromatic rings. The number of hydrogen-bond donors (Lipinski definition) is 2. The summed E-state index contributed by atoms with van der Waals surface area (Å²) >= 11 is 0. The van der Waals surface area contributed by atoms with Crippen LogP contribution in [0.4, 0.5) is 5.69 Å². The zero-order valence-corrected chi connectivity index (χ0v) is 13.3. The number of carbonyl (C=O) groups is 1. The Morgan fingerprint density at radius 2 is 1.82 bits per heavy atom. The van der Waals surface area contributed by atoms with E-state index in [1.54, 1.807) is 7.11 Å². The summed E-state index contributed by atoms with van der Waals surface area (Å²) in [5.74, 6) is 0.790. The van der Waals surface area contributed by atoms with E-state index in [-0.39, 0.29) is 12.5 Å². The van der Waals surface area contributed by atoms with E-state index >= 15 is 0 Å². The topological polar surface area (TPSA) is 50.4 Å². The first-order valence-electron chi connectivity index (χ1n) is 7.30. The van der Waals surface area contributed by atoms with E-state index in [2.05, 4.69) is 10.6 Å². The quantitative estimate of drug-likeness (QED) is 0.862. The van der Waals surface area contributed by atoms with E-state index in [0.717, 1.165) is 22.6 Å². The maximum Gasteiger partial charge on any atom is 0.238 e. The lowest BCUT2D eigenvalue weighted by Crippen LogP contribution is -2.28. The fourth-order valence-corrected chi connectivity index (χ4v) is 2.14. The van der Waals surface area contributed by atoms with Crippen LogP contribution in [0.5, 0.6) is 5.75 Å². The number of hydrogen-bond acceptors (Lipinski definition) is 3. The van der Waals surface area contributed by atoms with Gasteiger partial charge < -0.3 is 15.4 Å². The molecular weight excluding hydrogens is 276 g/mol. The minimum Gasteiger partial charge on any atom is -0.497 e. The first-order chi connectivity index (χ1) is 10.6. The molecule has 0 aliphatic heterocycles. The van der Waals surface area contributed by atoms with Crippen molar-refractivity contribution in [1.82, 2.24) is 5.32 Å². The predicted octanol–water partition coefficient (Wildman–Crippen LogP) is 3.04. The molecule has 0 saturated carbocycles. The Morgan fingerprint density at radius 1 is 1.09 bits per heavy atom. The van der Waals surface area contributed by atoms with Gasteiger partial charge in [-0.05, 0) is 48.7 Å². The standard InChI is InChI=1S/C18H22N2O2/c1-13-5-4-6-17(14(13)2)20-18(21)12-19-11-15-7-9-16(22-3)10-8-15/h4-10,19H,11-12H2,1-3H3,(H,20,21). The van der Waals surface area contributed by atoms with Crippen molar-refractivity contribution >= 4 is 11.6 Å².